The van der Waals surface area contributed by atoms with Gasteiger partial charge in [-0.15, -0.1) is 0 Å². The normalized spacial score (nSPS) is 13.5. The molecule has 33 heavy (non-hydrogen) atoms. The van der Waals surface area contributed by atoms with Gasteiger partial charge in [-0.2, -0.15) is 5.10 Å². The highest BCUT2D eigenvalue weighted by molar-refractivity contribution is 5.98. The van der Waals surface area contributed by atoms with Gasteiger partial charge in [-0.25, -0.2) is 18.7 Å². The molecule has 4 aromatic rings. The van der Waals surface area contributed by atoms with E-state index < -0.39 is 23.4 Å². The Bertz CT molecular complexity index is 1450. The molecule has 0 bridgehead atoms. The molecule has 1 aliphatic rings. The summed E-state index contributed by atoms with van der Waals surface area (Å²) in [6, 6.07) is 6.39. The van der Waals surface area contributed by atoms with Crippen LogP contribution < -0.4 is 16.4 Å². The molecule has 3 aromatic heterocycles. The number of nitrogens with one attached hydrogen (secondary N) is 2. The van der Waals surface area contributed by atoms with Crippen LogP contribution in [0.3, 0.4) is 0 Å². The first kappa shape index (κ1) is 20.9. The third-order valence-corrected chi connectivity index (χ3v) is 5.74. The second-order valence-corrected chi connectivity index (χ2v) is 8.15. The summed E-state index contributed by atoms with van der Waals surface area (Å²) in [5.74, 6) is -1.59. The molecule has 0 radical (unpaired) electrons. The average Bonchev–Trinajstić information content (AvgIpc) is 3.50. The van der Waals surface area contributed by atoms with Gasteiger partial charge < -0.3 is 15.1 Å². The molecule has 5 rings (SSSR count). The van der Waals surface area contributed by atoms with E-state index in [0.29, 0.717) is 23.6 Å². The Labute approximate surface area is 186 Å². The Hall–Kier alpha value is -4.02. The van der Waals surface area contributed by atoms with Crippen LogP contribution >= 0.6 is 0 Å². The predicted molar refractivity (Wildman–Crippen MR) is 115 cm³/mol. The van der Waals surface area contributed by atoms with Crippen molar-refractivity contribution in [1.29, 1.82) is 0 Å². The highest BCUT2D eigenvalue weighted by Crippen LogP contribution is 2.31. The SMILES string of the molecule is Cn1c(=O)oc2ccc(CNC(=O)c3cc(C(=O)NCCC4CC4)n4ncc(F)c4n3)cc21. The molecule has 0 saturated heterocycles. The summed E-state index contributed by atoms with van der Waals surface area (Å²) in [5.41, 5.74) is 1.48. The van der Waals surface area contributed by atoms with Gasteiger partial charge in [-0.1, -0.05) is 18.9 Å². The molecule has 1 saturated carbocycles. The van der Waals surface area contributed by atoms with Crippen LogP contribution in [0.1, 0.15) is 45.8 Å². The van der Waals surface area contributed by atoms with Crippen molar-refractivity contribution < 1.29 is 18.4 Å². The summed E-state index contributed by atoms with van der Waals surface area (Å²) in [4.78, 5) is 41.2. The third kappa shape index (κ3) is 4.09. The standard InChI is InChI=1S/C22H21FN6O4/c1-28-16-8-13(4-5-18(16)33-22(28)32)10-25-20(30)15-9-17(21(31)24-7-6-12-2-3-12)29-19(27-15)14(23)11-26-29/h4-5,8-9,11-12H,2-3,6-7,10H2,1H3,(H,24,31)(H,25,30). The molecule has 0 atom stereocenters. The van der Waals surface area contributed by atoms with Crippen LogP contribution in [0.25, 0.3) is 16.7 Å². The lowest BCUT2D eigenvalue weighted by atomic mass is 10.2. The van der Waals surface area contributed by atoms with Gasteiger partial charge in [0, 0.05) is 26.2 Å². The predicted octanol–water partition coefficient (Wildman–Crippen LogP) is 1.77. The third-order valence-electron chi connectivity index (χ3n) is 5.74. The van der Waals surface area contributed by atoms with Crippen molar-refractivity contribution in [2.24, 2.45) is 13.0 Å². The second-order valence-electron chi connectivity index (χ2n) is 8.15. The van der Waals surface area contributed by atoms with Gasteiger partial charge in [0.2, 0.25) is 0 Å². The maximum atomic E-state index is 14.2. The van der Waals surface area contributed by atoms with E-state index in [-0.39, 0.29) is 23.6 Å². The van der Waals surface area contributed by atoms with Gasteiger partial charge in [0.25, 0.3) is 11.8 Å². The van der Waals surface area contributed by atoms with Crippen LogP contribution in [-0.4, -0.2) is 37.5 Å². The Morgan fingerprint density at radius 2 is 2.03 bits per heavy atom. The lowest BCUT2D eigenvalue weighted by Crippen LogP contribution is -2.29. The Balaban J connectivity index is 1.36. The summed E-state index contributed by atoms with van der Waals surface area (Å²) in [7, 11) is 1.59. The van der Waals surface area contributed by atoms with Crippen molar-refractivity contribution in [2.75, 3.05) is 6.54 Å². The molecule has 11 heteroatoms. The minimum Gasteiger partial charge on any atom is -0.408 e. The molecule has 1 aromatic carbocycles. The van der Waals surface area contributed by atoms with E-state index in [4.69, 9.17) is 4.42 Å². The molecule has 170 valence electrons. The summed E-state index contributed by atoms with van der Waals surface area (Å²) < 4.78 is 21.8. The van der Waals surface area contributed by atoms with Crippen LogP contribution in [0.5, 0.6) is 0 Å². The lowest BCUT2D eigenvalue weighted by Gasteiger charge is -2.10. The number of carbonyl (C=O) groups excluding carboxylic acids is 2. The maximum absolute atomic E-state index is 14.2. The fourth-order valence-corrected chi connectivity index (χ4v) is 3.66. The minimum atomic E-state index is -0.733. The fraction of sp³-hybridized carbons (Fsp3) is 0.318. The van der Waals surface area contributed by atoms with Gasteiger partial charge in [0.1, 0.15) is 11.4 Å². The van der Waals surface area contributed by atoms with Gasteiger partial charge >= 0.3 is 5.76 Å². The summed E-state index contributed by atoms with van der Waals surface area (Å²) in [5, 5.41) is 9.39. The zero-order valence-electron chi connectivity index (χ0n) is 17.8. The van der Waals surface area contributed by atoms with Crippen molar-refractivity contribution in [1.82, 2.24) is 29.8 Å². The number of aryl methyl sites for hydroxylation is 1. The zero-order valence-corrected chi connectivity index (χ0v) is 17.8. The van der Waals surface area contributed by atoms with Gasteiger partial charge in [-0.3, -0.25) is 14.2 Å². The summed E-state index contributed by atoms with van der Waals surface area (Å²) in [6.45, 7) is 0.628. The second kappa shape index (κ2) is 8.15. The minimum absolute atomic E-state index is 0.0275. The van der Waals surface area contributed by atoms with Crippen LogP contribution in [-0.2, 0) is 13.6 Å². The van der Waals surface area contributed by atoms with E-state index in [1.165, 1.54) is 23.5 Å². The number of nitrogens with zero attached hydrogens (tertiary/aromatic N) is 4. The van der Waals surface area contributed by atoms with E-state index in [1.807, 2.05) is 0 Å². The van der Waals surface area contributed by atoms with Crippen molar-refractivity contribution in [3.8, 4) is 0 Å². The monoisotopic (exact) mass is 452 g/mol. The molecule has 0 spiro atoms. The number of hydrogen-bond donors (Lipinski definition) is 2. The molecular weight excluding hydrogens is 431 g/mol. The molecule has 2 amide bonds. The topological polar surface area (TPSA) is 124 Å². The number of oxazole rings is 1. The quantitative estimate of drug-likeness (QED) is 0.441. The molecule has 0 aliphatic heterocycles. The fourth-order valence-electron chi connectivity index (χ4n) is 3.66. The number of hydrogen-bond acceptors (Lipinski definition) is 6. The van der Waals surface area contributed by atoms with Crippen LogP contribution in [0.2, 0.25) is 0 Å². The molecule has 10 nitrogen and oxygen atoms in total. The van der Waals surface area contributed by atoms with E-state index in [0.717, 1.165) is 22.7 Å². The molecule has 0 unspecified atom stereocenters. The van der Waals surface area contributed by atoms with Gasteiger partial charge in [0.15, 0.2) is 17.0 Å². The number of amides is 2. The van der Waals surface area contributed by atoms with Gasteiger partial charge in [0.05, 0.1) is 11.7 Å². The van der Waals surface area contributed by atoms with Crippen molar-refractivity contribution >= 4 is 28.6 Å². The van der Waals surface area contributed by atoms with Gasteiger partial charge in [-0.05, 0) is 30.0 Å². The van der Waals surface area contributed by atoms with Crippen molar-refractivity contribution in [2.45, 2.75) is 25.8 Å². The maximum Gasteiger partial charge on any atom is 0.419 e. The number of fused-ring (bicyclic) bond motifs is 2. The van der Waals surface area contributed by atoms with E-state index in [2.05, 4.69) is 20.7 Å². The number of benzene rings is 1. The van der Waals surface area contributed by atoms with Crippen LogP contribution in [0.4, 0.5) is 4.39 Å². The van der Waals surface area contributed by atoms with Crippen LogP contribution in [0, 0.1) is 11.7 Å². The Morgan fingerprint density at radius 1 is 1.21 bits per heavy atom. The first-order valence-corrected chi connectivity index (χ1v) is 10.6. The highest BCUT2D eigenvalue weighted by Gasteiger charge is 2.23. The molecule has 2 N–H and O–H groups in total. The number of halogens is 1. The molecule has 1 aliphatic carbocycles. The summed E-state index contributed by atoms with van der Waals surface area (Å²) >= 11 is 0. The number of carbonyl (C=O) groups is 2. The highest BCUT2D eigenvalue weighted by atomic mass is 19.1. The molecular formula is C22H21FN6O4. The first-order valence-electron chi connectivity index (χ1n) is 10.6. The van der Waals surface area contributed by atoms with E-state index in [9.17, 15) is 18.8 Å². The Kier molecular flexibility index (Phi) is 5.15. The van der Waals surface area contributed by atoms with E-state index >= 15 is 0 Å². The lowest BCUT2D eigenvalue weighted by molar-refractivity contribution is 0.0944. The first-order chi connectivity index (χ1) is 15.9. The largest absolute Gasteiger partial charge is 0.419 e. The smallest absolute Gasteiger partial charge is 0.408 e. The van der Waals surface area contributed by atoms with Crippen molar-refractivity contribution in [3.63, 3.8) is 0 Å². The van der Waals surface area contributed by atoms with Crippen molar-refractivity contribution in [3.05, 3.63) is 63.8 Å². The Morgan fingerprint density at radius 3 is 2.82 bits per heavy atom. The number of rotatable bonds is 7. The summed E-state index contributed by atoms with van der Waals surface area (Å²) in [6.07, 6.45) is 4.19. The molecule has 1 fully saturated rings. The molecule has 3 heterocycles. The van der Waals surface area contributed by atoms with Crippen LogP contribution in [0.15, 0.2) is 39.7 Å². The zero-order chi connectivity index (χ0) is 23.1. The van der Waals surface area contributed by atoms with E-state index in [1.54, 1.807) is 25.2 Å². The average molecular weight is 452 g/mol. The number of aromatic nitrogens is 4.